The lowest BCUT2D eigenvalue weighted by molar-refractivity contribution is 0.190. The highest BCUT2D eigenvalue weighted by Gasteiger charge is 2.25. The molecule has 0 saturated heterocycles. The van der Waals surface area contributed by atoms with Crippen LogP contribution in [-0.4, -0.2) is 41.2 Å². The number of fused-ring (bicyclic) bond motifs is 1. The van der Waals surface area contributed by atoms with Crippen molar-refractivity contribution in [3.8, 4) is 0 Å². The first-order valence-electron chi connectivity index (χ1n) is 11.4. The van der Waals surface area contributed by atoms with Crippen LogP contribution in [0.2, 0.25) is 0 Å². The molecule has 0 aliphatic carbocycles. The number of aromatic nitrogens is 2. The molecule has 6 heteroatoms. The molecule has 0 fully saturated rings. The van der Waals surface area contributed by atoms with Gasteiger partial charge in [-0.3, -0.25) is 4.68 Å². The Morgan fingerprint density at radius 2 is 1.67 bits per heavy atom. The second-order valence-electron chi connectivity index (χ2n) is 6.78. The largest absolute Gasteiger partial charge is 0.326 e. The standard InChI is InChI=1S/C16H24F2N4.C4H10.2C2H6/c1-6-22(12(3)9-11(2)15(17)18)16-13-10-20(4)8-7-14(13)21(5)19-16;1-3-4-2;2*1-2/h9,15H,3,6-8,10H2,1-2,4-5H3;3-4H2,1-2H3;2*1-2H3/b11-9+;;;. The summed E-state index contributed by atoms with van der Waals surface area (Å²) in [7, 11) is 4.01. The molecule has 0 N–H and O–H groups in total. The molecule has 2 rings (SSSR count). The highest BCUT2D eigenvalue weighted by atomic mass is 19.3. The molecule has 1 aromatic heterocycles. The number of rotatable bonds is 6. The molecule has 1 aliphatic rings. The number of nitrogens with zero attached hydrogens (tertiary/aromatic N) is 4. The summed E-state index contributed by atoms with van der Waals surface area (Å²) in [6.07, 6.45) is 2.58. The van der Waals surface area contributed by atoms with E-state index in [1.165, 1.54) is 37.1 Å². The zero-order chi connectivity index (χ0) is 23.9. The first kappa shape index (κ1) is 30.5. The number of aryl methyl sites for hydroxylation is 1. The van der Waals surface area contributed by atoms with Crippen molar-refractivity contribution >= 4 is 5.82 Å². The maximum Gasteiger partial charge on any atom is 0.260 e. The Hall–Kier alpha value is -1.69. The van der Waals surface area contributed by atoms with E-state index in [2.05, 4.69) is 37.5 Å². The summed E-state index contributed by atoms with van der Waals surface area (Å²) in [5.74, 6) is 0.829. The van der Waals surface area contributed by atoms with Gasteiger partial charge in [-0.05, 0) is 32.5 Å². The van der Waals surface area contributed by atoms with Gasteiger partial charge in [-0.1, -0.05) is 61.0 Å². The Morgan fingerprint density at radius 1 is 1.13 bits per heavy atom. The third kappa shape index (κ3) is 9.41. The molecule has 0 amide bonds. The molecule has 0 spiro atoms. The Kier molecular flexibility index (Phi) is 17.3. The van der Waals surface area contributed by atoms with Gasteiger partial charge >= 0.3 is 0 Å². The minimum absolute atomic E-state index is 0.0189. The van der Waals surface area contributed by atoms with Crippen LogP contribution >= 0.6 is 0 Å². The van der Waals surface area contributed by atoms with Gasteiger partial charge < -0.3 is 9.80 Å². The lowest BCUT2D eigenvalue weighted by Crippen LogP contribution is -2.29. The SMILES string of the molecule is C=C(/C=C(\C)C(F)F)N(CC)c1nn(C)c2c1CN(C)CC2.CC.CC.CCCC. The number of halogens is 2. The maximum absolute atomic E-state index is 12.7. The molecule has 2 heterocycles. The third-order valence-corrected chi connectivity index (χ3v) is 4.57. The molecule has 0 bridgehead atoms. The van der Waals surface area contributed by atoms with E-state index in [9.17, 15) is 8.78 Å². The molecule has 1 aromatic rings. The van der Waals surface area contributed by atoms with E-state index >= 15 is 0 Å². The molecule has 176 valence electrons. The molecular formula is C24H46F2N4. The van der Waals surface area contributed by atoms with E-state index in [4.69, 9.17) is 0 Å². The van der Waals surface area contributed by atoms with Crippen LogP contribution in [0.15, 0.2) is 23.9 Å². The van der Waals surface area contributed by atoms with Crippen molar-refractivity contribution in [3.63, 3.8) is 0 Å². The van der Waals surface area contributed by atoms with Gasteiger partial charge in [0.2, 0.25) is 0 Å². The van der Waals surface area contributed by atoms with Crippen LogP contribution < -0.4 is 4.90 Å². The second-order valence-corrected chi connectivity index (χ2v) is 6.78. The first-order valence-corrected chi connectivity index (χ1v) is 11.4. The normalized spacial score (nSPS) is 13.2. The molecule has 0 atom stereocenters. The minimum atomic E-state index is -2.46. The summed E-state index contributed by atoms with van der Waals surface area (Å²) in [5.41, 5.74) is 2.95. The Bertz CT molecular complexity index is 619. The topological polar surface area (TPSA) is 24.3 Å². The van der Waals surface area contributed by atoms with Gasteiger partial charge in [0.05, 0.1) is 0 Å². The molecule has 4 nitrogen and oxygen atoms in total. The van der Waals surface area contributed by atoms with E-state index in [1.54, 1.807) is 0 Å². The Balaban J connectivity index is 0. The van der Waals surface area contributed by atoms with Crippen LogP contribution in [0, 0.1) is 0 Å². The van der Waals surface area contributed by atoms with E-state index in [-0.39, 0.29) is 5.57 Å². The molecule has 0 radical (unpaired) electrons. The second kappa shape index (κ2) is 17.0. The van der Waals surface area contributed by atoms with Crippen LogP contribution in [0.1, 0.15) is 79.5 Å². The van der Waals surface area contributed by atoms with Gasteiger partial charge in [-0.15, -0.1) is 0 Å². The zero-order valence-corrected chi connectivity index (χ0v) is 21.1. The first-order chi connectivity index (χ1) is 14.3. The summed E-state index contributed by atoms with van der Waals surface area (Å²) in [4.78, 5) is 4.15. The van der Waals surface area contributed by atoms with Crippen molar-refractivity contribution in [2.24, 2.45) is 7.05 Å². The van der Waals surface area contributed by atoms with Crippen molar-refractivity contribution < 1.29 is 8.78 Å². The highest BCUT2D eigenvalue weighted by molar-refractivity contribution is 5.56. The third-order valence-electron chi connectivity index (χ3n) is 4.57. The number of hydrogen-bond acceptors (Lipinski definition) is 3. The predicted molar refractivity (Wildman–Crippen MR) is 128 cm³/mol. The van der Waals surface area contributed by atoms with E-state index in [1.807, 2.05) is 51.2 Å². The number of likely N-dealkylation sites (N-methyl/N-ethyl adjacent to an activating group) is 2. The van der Waals surface area contributed by atoms with Crippen molar-refractivity contribution in [2.45, 2.75) is 87.6 Å². The van der Waals surface area contributed by atoms with Crippen molar-refractivity contribution in [3.05, 3.63) is 35.2 Å². The maximum atomic E-state index is 12.7. The van der Waals surface area contributed by atoms with Crippen LogP contribution in [0.25, 0.3) is 0 Å². The average Bonchev–Trinajstić information content (AvgIpc) is 3.07. The summed E-state index contributed by atoms with van der Waals surface area (Å²) in [6, 6.07) is 0. The van der Waals surface area contributed by atoms with E-state index in [0.29, 0.717) is 12.2 Å². The van der Waals surface area contributed by atoms with Crippen molar-refractivity contribution in [1.82, 2.24) is 14.7 Å². The highest BCUT2D eigenvalue weighted by Crippen LogP contribution is 2.30. The lowest BCUT2D eigenvalue weighted by Gasteiger charge is -2.27. The summed E-state index contributed by atoms with van der Waals surface area (Å²) < 4.78 is 27.4. The molecule has 0 unspecified atom stereocenters. The number of anilines is 1. The van der Waals surface area contributed by atoms with Gasteiger partial charge in [0, 0.05) is 50.1 Å². The quantitative estimate of drug-likeness (QED) is 0.465. The minimum Gasteiger partial charge on any atom is -0.326 e. The molecular weight excluding hydrogens is 382 g/mol. The van der Waals surface area contributed by atoms with Crippen LogP contribution in [0.5, 0.6) is 0 Å². The van der Waals surface area contributed by atoms with Gasteiger partial charge in [0.15, 0.2) is 5.82 Å². The fraction of sp³-hybridized carbons (Fsp3) is 0.708. The van der Waals surface area contributed by atoms with Gasteiger partial charge in [-0.2, -0.15) is 5.10 Å². The Morgan fingerprint density at radius 3 is 2.10 bits per heavy atom. The number of hydrogen-bond donors (Lipinski definition) is 0. The summed E-state index contributed by atoms with van der Waals surface area (Å²) >= 11 is 0. The van der Waals surface area contributed by atoms with E-state index < -0.39 is 6.43 Å². The van der Waals surface area contributed by atoms with Crippen LogP contribution in [0.3, 0.4) is 0 Å². The molecule has 0 aromatic carbocycles. The van der Waals surface area contributed by atoms with Crippen molar-refractivity contribution in [2.75, 3.05) is 25.0 Å². The average molecular weight is 429 g/mol. The van der Waals surface area contributed by atoms with Crippen LogP contribution in [0.4, 0.5) is 14.6 Å². The summed E-state index contributed by atoms with van der Waals surface area (Å²) in [5, 5.41) is 4.61. The zero-order valence-electron chi connectivity index (χ0n) is 21.1. The number of unbranched alkanes of at least 4 members (excludes halogenated alkanes) is 1. The van der Waals surface area contributed by atoms with Gasteiger partial charge in [-0.25, -0.2) is 8.78 Å². The smallest absolute Gasteiger partial charge is 0.260 e. The number of allylic oxidation sites excluding steroid dienone is 2. The van der Waals surface area contributed by atoms with Crippen LogP contribution in [-0.2, 0) is 20.0 Å². The van der Waals surface area contributed by atoms with Crippen molar-refractivity contribution in [1.29, 1.82) is 0 Å². The van der Waals surface area contributed by atoms with E-state index in [0.717, 1.165) is 25.3 Å². The fourth-order valence-electron chi connectivity index (χ4n) is 2.82. The molecule has 1 aliphatic heterocycles. The van der Waals surface area contributed by atoms with Gasteiger partial charge in [0.25, 0.3) is 6.43 Å². The predicted octanol–water partition coefficient (Wildman–Crippen LogP) is 6.82. The van der Waals surface area contributed by atoms with Gasteiger partial charge in [0.1, 0.15) is 0 Å². The summed E-state index contributed by atoms with van der Waals surface area (Å²) in [6.45, 7) is 22.2. The lowest BCUT2D eigenvalue weighted by atomic mass is 10.1. The monoisotopic (exact) mass is 428 g/mol. The fourth-order valence-corrected chi connectivity index (χ4v) is 2.82. The Labute approximate surface area is 184 Å². The number of alkyl halides is 2. The molecule has 0 saturated carbocycles. The molecule has 30 heavy (non-hydrogen) atoms.